The summed E-state index contributed by atoms with van der Waals surface area (Å²) in [7, 11) is 0. The van der Waals surface area contributed by atoms with Gasteiger partial charge in [0.05, 0.1) is 12.2 Å². The molecule has 0 bridgehead atoms. The van der Waals surface area contributed by atoms with Gasteiger partial charge in [-0.2, -0.15) is 0 Å². The predicted molar refractivity (Wildman–Crippen MR) is 120 cm³/mol. The number of hydrogen-bond acceptors (Lipinski definition) is 6. The molecule has 0 aromatic heterocycles. The van der Waals surface area contributed by atoms with Crippen LogP contribution in [0.3, 0.4) is 0 Å². The van der Waals surface area contributed by atoms with E-state index in [1.807, 2.05) is 0 Å². The third-order valence-electron chi connectivity index (χ3n) is 5.98. The van der Waals surface area contributed by atoms with Crippen molar-refractivity contribution in [1.29, 1.82) is 0 Å². The molecule has 1 fully saturated rings. The molecule has 182 valence electrons. The van der Waals surface area contributed by atoms with Crippen LogP contribution in [0.15, 0.2) is 12.2 Å². The van der Waals surface area contributed by atoms with E-state index in [9.17, 15) is 29.4 Å². The fraction of sp³-hybridized carbons (Fsp3) is 0.750. The predicted octanol–water partition coefficient (Wildman–Crippen LogP) is 2.41. The van der Waals surface area contributed by atoms with E-state index in [0.29, 0.717) is 25.2 Å². The van der Waals surface area contributed by atoms with Crippen molar-refractivity contribution >= 4 is 23.4 Å². The molecule has 0 aromatic carbocycles. The van der Waals surface area contributed by atoms with Gasteiger partial charge in [0.2, 0.25) is 5.91 Å². The van der Waals surface area contributed by atoms with Crippen molar-refractivity contribution in [2.75, 3.05) is 6.54 Å². The number of carboxylic acid groups (broad SMARTS) is 1. The fourth-order valence-electron chi connectivity index (χ4n) is 4.12. The maximum absolute atomic E-state index is 12.4. The van der Waals surface area contributed by atoms with Crippen molar-refractivity contribution in [1.82, 2.24) is 5.32 Å². The van der Waals surface area contributed by atoms with Gasteiger partial charge in [-0.15, -0.1) is 0 Å². The van der Waals surface area contributed by atoms with Gasteiger partial charge in [-0.25, -0.2) is 0 Å². The summed E-state index contributed by atoms with van der Waals surface area (Å²) in [6.45, 7) is 3.80. The molecular weight excluding hydrogens is 414 g/mol. The first kappa shape index (κ1) is 28.0. The number of nitrogens with one attached hydrogen (secondary N) is 1. The highest BCUT2D eigenvalue weighted by atomic mass is 16.4. The SMILES string of the molecule is CCCC[C@H](C)C[C@@H](O)/C=C/[C@H]1[C@H](O)CC(=O)[C@@H]1CC(=O)CCCCC(=O)NCC(=O)O. The Morgan fingerprint density at radius 2 is 1.88 bits per heavy atom. The number of carbonyl (C=O) groups excluding carboxylic acids is 3. The minimum Gasteiger partial charge on any atom is -0.480 e. The van der Waals surface area contributed by atoms with Crippen molar-refractivity contribution in [2.45, 2.75) is 90.3 Å². The Morgan fingerprint density at radius 1 is 1.19 bits per heavy atom. The molecule has 0 radical (unpaired) electrons. The van der Waals surface area contributed by atoms with Crippen molar-refractivity contribution in [2.24, 2.45) is 17.8 Å². The topological polar surface area (TPSA) is 141 Å². The Balaban J connectivity index is 2.46. The number of Topliss-reactive ketones (excluding diaryl/α,β-unsaturated/α-hetero) is 2. The largest absolute Gasteiger partial charge is 0.480 e. The number of rotatable bonds is 16. The highest BCUT2D eigenvalue weighted by Crippen LogP contribution is 2.34. The van der Waals surface area contributed by atoms with E-state index in [-0.39, 0.29) is 43.2 Å². The summed E-state index contributed by atoms with van der Waals surface area (Å²) < 4.78 is 0. The number of carboxylic acids is 1. The third-order valence-corrected chi connectivity index (χ3v) is 5.98. The molecule has 0 spiro atoms. The maximum atomic E-state index is 12.4. The Labute approximate surface area is 190 Å². The van der Waals surface area contributed by atoms with Crippen molar-refractivity contribution in [3.05, 3.63) is 12.2 Å². The van der Waals surface area contributed by atoms with Crippen LogP contribution in [0.2, 0.25) is 0 Å². The van der Waals surface area contributed by atoms with Crippen LogP contribution in [0, 0.1) is 17.8 Å². The number of aliphatic carboxylic acids is 1. The van der Waals surface area contributed by atoms with E-state index in [1.54, 1.807) is 12.2 Å². The summed E-state index contributed by atoms with van der Waals surface area (Å²) in [4.78, 5) is 46.6. The number of unbranched alkanes of at least 4 members (excludes halogenated alkanes) is 2. The lowest BCUT2D eigenvalue weighted by atomic mass is 9.87. The van der Waals surface area contributed by atoms with Gasteiger partial charge in [0.25, 0.3) is 0 Å². The molecule has 1 amide bonds. The first-order valence-electron chi connectivity index (χ1n) is 11.7. The molecule has 32 heavy (non-hydrogen) atoms. The summed E-state index contributed by atoms with van der Waals surface area (Å²) in [5.74, 6) is -2.41. The summed E-state index contributed by atoms with van der Waals surface area (Å²) in [5, 5.41) is 31.3. The quantitative estimate of drug-likeness (QED) is 0.208. The third kappa shape index (κ3) is 11.0. The van der Waals surface area contributed by atoms with Crippen LogP contribution in [0.4, 0.5) is 0 Å². The molecule has 0 saturated heterocycles. The normalized spacial score (nSPS) is 22.8. The van der Waals surface area contributed by atoms with E-state index in [0.717, 1.165) is 19.3 Å². The van der Waals surface area contributed by atoms with E-state index in [2.05, 4.69) is 19.2 Å². The average molecular weight is 454 g/mol. The average Bonchev–Trinajstić information content (AvgIpc) is 2.98. The first-order chi connectivity index (χ1) is 15.1. The number of hydrogen-bond donors (Lipinski definition) is 4. The molecule has 0 aliphatic heterocycles. The molecular formula is C24H39NO7. The smallest absolute Gasteiger partial charge is 0.322 e. The van der Waals surface area contributed by atoms with Crippen LogP contribution >= 0.6 is 0 Å². The van der Waals surface area contributed by atoms with Crippen molar-refractivity contribution < 1.29 is 34.5 Å². The lowest BCUT2D eigenvalue weighted by Crippen LogP contribution is -2.28. The van der Waals surface area contributed by atoms with E-state index >= 15 is 0 Å². The second-order valence-electron chi connectivity index (χ2n) is 8.98. The summed E-state index contributed by atoms with van der Waals surface area (Å²) in [6.07, 6.45) is 7.07. The van der Waals surface area contributed by atoms with Gasteiger partial charge in [-0.3, -0.25) is 19.2 Å². The molecule has 0 heterocycles. The zero-order chi connectivity index (χ0) is 24.1. The highest BCUT2D eigenvalue weighted by molar-refractivity contribution is 5.90. The molecule has 8 heteroatoms. The Morgan fingerprint density at radius 3 is 2.53 bits per heavy atom. The van der Waals surface area contributed by atoms with Gasteiger partial charge < -0.3 is 20.6 Å². The Hall–Kier alpha value is -2.06. The van der Waals surface area contributed by atoms with Crippen LogP contribution in [0.25, 0.3) is 0 Å². The van der Waals surface area contributed by atoms with Crippen LogP contribution in [0.1, 0.15) is 78.1 Å². The lowest BCUT2D eigenvalue weighted by Gasteiger charge is -2.18. The number of aliphatic hydroxyl groups excluding tert-OH is 2. The monoisotopic (exact) mass is 453 g/mol. The second-order valence-corrected chi connectivity index (χ2v) is 8.98. The van der Waals surface area contributed by atoms with Gasteiger partial charge >= 0.3 is 5.97 Å². The Bertz CT molecular complexity index is 661. The minimum absolute atomic E-state index is 0.0136. The summed E-state index contributed by atoms with van der Waals surface area (Å²) >= 11 is 0. The van der Waals surface area contributed by atoms with Crippen LogP contribution in [-0.2, 0) is 19.2 Å². The van der Waals surface area contributed by atoms with Crippen molar-refractivity contribution in [3.8, 4) is 0 Å². The van der Waals surface area contributed by atoms with Crippen molar-refractivity contribution in [3.63, 3.8) is 0 Å². The number of ketones is 2. The molecule has 1 rings (SSSR count). The van der Waals surface area contributed by atoms with E-state index < -0.39 is 36.6 Å². The number of aliphatic hydroxyl groups is 2. The molecule has 1 aliphatic carbocycles. The molecule has 5 atom stereocenters. The molecule has 8 nitrogen and oxygen atoms in total. The van der Waals surface area contributed by atoms with Gasteiger partial charge in [0.1, 0.15) is 18.1 Å². The van der Waals surface area contributed by atoms with E-state index in [4.69, 9.17) is 5.11 Å². The molecule has 4 N–H and O–H groups in total. The highest BCUT2D eigenvalue weighted by Gasteiger charge is 2.40. The van der Waals surface area contributed by atoms with Gasteiger partial charge in [-0.05, 0) is 25.2 Å². The fourth-order valence-corrected chi connectivity index (χ4v) is 4.12. The van der Waals surface area contributed by atoms with Crippen LogP contribution < -0.4 is 5.32 Å². The molecule has 1 aliphatic rings. The lowest BCUT2D eigenvalue weighted by molar-refractivity contribution is -0.138. The van der Waals surface area contributed by atoms with Crippen LogP contribution in [-0.4, -0.2) is 57.5 Å². The molecule has 0 unspecified atom stereocenters. The van der Waals surface area contributed by atoms with E-state index in [1.165, 1.54) is 0 Å². The molecule has 0 aromatic rings. The number of amides is 1. The zero-order valence-corrected chi connectivity index (χ0v) is 19.3. The maximum Gasteiger partial charge on any atom is 0.322 e. The van der Waals surface area contributed by atoms with Gasteiger partial charge in [0.15, 0.2) is 0 Å². The molecule has 1 saturated carbocycles. The Kier molecular flexibility index (Phi) is 13.0. The second kappa shape index (κ2) is 14.9. The summed E-state index contributed by atoms with van der Waals surface area (Å²) in [5.41, 5.74) is 0. The number of carbonyl (C=O) groups is 4. The van der Waals surface area contributed by atoms with Crippen LogP contribution in [0.5, 0.6) is 0 Å². The first-order valence-corrected chi connectivity index (χ1v) is 11.7. The zero-order valence-electron chi connectivity index (χ0n) is 19.3. The summed E-state index contributed by atoms with van der Waals surface area (Å²) in [6, 6.07) is 0. The standard InChI is InChI=1S/C24H39NO7/c1-3-4-7-16(2)12-18(27)10-11-19-20(22(29)14-21(19)28)13-17(26)8-5-6-9-23(30)25-15-24(31)32/h10-11,16,18-21,27-28H,3-9,12-15H2,1-2H3,(H,25,30)(H,31,32)/b11-10+/t16-,18-,19+,20+,21+/m0/s1. The van der Waals surface area contributed by atoms with Gasteiger partial charge in [0, 0.05) is 37.5 Å². The minimum atomic E-state index is -1.11. The van der Waals surface area contributed by atoms with Gasteiger partial charge in [-0.1, -0.05) is 45.3 Å².